The van der Waals surface area contributed by atoms with E-state index in [0.717, 1.165) is 0 Å². The molecule has 2 aromatic rings. The molecule has 5 nitrogen and oxygen atoms in total. The van der Waals surface area contributed by atoms with Crippen molar-refractivity contribution in [3.63, 3.8) is 0 Å². The molecule has 20 heavy (non-hydrogen) atoms. The minimum absolute atomic E-state index is 0.200. The summed E-state index contributed by atoms with van der Waals surface area (Å²) in [4.78, 5) is 25.1. The van der Waals surface area contributed by atoms with Gasteiger partial charge in [0.15, 0.2) is 0 Å². The summed E-state index contributed by atoms with van der Waals surface area (Å²) in [5, 5.41) is -0.629. The lowest BCUT2D eigenvalue weighted by Crippen LogP contribution is -2.38. The Morgan fingerprint density at radius 1 is 0.900 bits per heavy atom. The summed E-state index contributed by atoms with van der Waals surface area (Å²) in [6.45, 7) is 0. The van der Waals surface area contributed by atoms with E-state index in [1.165, 1.54) is 13.9 Å². The maximum absolute atomic E-state index is 12.5. The number of hydrogen-bond donors (Lipinski definition) is 0. The summed E-state index contributed by atoms with van der Waals surface area (Å²) in [6.07, 6.45) is 0.655. The highest BCUT2D eigenvalue weighted by Gasteiger charge is 2.52. The topological polar surface area (TPSA) is 48.9 Å². The quantitative estimate of drug-likeness (QED) is 0.750. The Morgan fingerprint density at radius 2 is 1.40 bits per heavy atom. The Morgan fingerprint density at radius 3 is 1.90 bits per heavy atom. The minimum atomic E-state index is -0.345. The van der Waals surface area contributed by atoms with Crippen LogP contribution in [-0.2, 0) is 0 Å². The molecule has 0 unspecified atom stereocenters. The number of fused-ring (bicyclic) bond motifs is 5. The van der Waals surface area contributed by atoms with Gasteiger partial charge in [-0.3, -0.25) is 0 Å². The number of aromatic nitrogens is 3. The van der Waals surface area contributed by atoms with Gasteiger partial charge in [0, 0.05) is 0 Å². The van der Waals surface area contributed by atoms with Crippen molar-refractivity contribution in [1.29, 1.82) is 0 Å². The van der Waals surface area contributed by atoms with Crippen molar-refractivity contribution in [3.8, 4) is 5.69 Å². The number of alkyl halides is 2. The van der Waals surface area contributed by atoms with Crippen LogP contribution in [0.5, 0.6) is 0 Å². The second-order valence-electron chi connectivity index (χ2n) is 5.18. The van der Waals surface area contributed by atoms with Gasteiger partial charge in [-0.2, -0.15) is 0 Å². The summed E-state index contributed by atoms with van der Waals surface area (Å²) in [5.74, 6) is 0. The lowest BCUT2D eigenvalue weighted by Gasteiger charge is -2.23. The second-order valence-corrected chi connectivity index (χ2v) is 6.19. The van der Waals surface area contributed by atoms with Crippen molar-refractivity contribution in [2.75, 3.05) is 0 Å². The first kappa shape index (κ1) is 12.3. The molecule has 2 bridgehead atoms. The van der Waals surface area contributed by atoms with Crippen LogP contribution in [0.25, 0.3) is 5.69 Å². The fourth-order valence-electron chi connectivity index (χ4n) is 3.27. The largest absolute Gasteiger partial charge is 0.352 e. The molecule has 1 saturated carbocycles. The van der Waals surface area contributed by atoms with Gasteiger partial charge < -0.3 is 0 Å². The summed E-state index contributed by atoms with van der Waals surface area (Å²) in [6, 6.07) is 8.48. The molecule has 0 spiro atoms. The zero-order chi connectivity index (χ0) is 14.0. The van der Waals surface area contributed by atoms with Gasteiger partial charge in [-0.15, -0.1) is 23.2 Å². The van der Waals surface area contributed by atoms with E-state index in [9.17, 15) is 9.59 Å². The molecular formula is C13H11Cl2N3O2. The first-order chi connectivity index (χ1) is 9.61. The zero-order valence-electron chi connectivity index (χ0n) is 10.3. The number of rotatable bonds is 1. The molecule has 0 saturated heterocycles. The molecule has 2 aliphatic rings. The standard InChI is InChI=1S/C13H11Cl2N3O2/c14-10-8-6-9(11(10)15)18-13(20)16(12(19)17(8)18)7-4-2-1-3-5-7/h1-5,8-11H,6H2/t8-,9+,10+,11-. The van der Waals surface area contributed by atoms with Crippen molar-refractivity contribution in [1.82, 2.24) is 13.9 Å². The molecule has 4 atom stereocenters. The predicted octanol–water partition coefficient (Wildman–Crippen LogP) is 1.51. The highest BCUT2D eigenvalue weighted by molar-refractivity contribution is 6.31. The first-order valence-electron chi connectivity index (χ1n) is 6.41. The molecular weight excluding hydrogens is 301 g/mol. The average Bonchev–Trinajstić information content (AvgIpc) is 3.05. The van der Waals surface area contributed by atoms with Crippen molar-refractivity contribution < 1.29 is 0 Å². The normalized spacial score (nSPS) is 30.7. The van der Waals surface area contributed by atoms with Gasteiger partial charge in [0.1, 0.15) is 0 Å². The SMILES string of the molecule is O=c1n(-c2ccccc2)c(=O)n2n1[C@@H]1C[C@H]2[C@@H](Cl)[C@H]1Cl. The van der Waals surface area contributed by atoms with Crippen LogP contribution in [0.3, 0.4) is 0 Å². The summed E-state index contributed by atoms with van der Waals surface area (Å²) in [7, 11) is 0. The molecule has 1 aromatic carbocycles. The van der Waals surface area contributed by atoms with Crippen LogP contribution >= 0.6 is 23.2 Å². The van der Waals surface area contributed by atoms with Crippen molar-refractivity contribution in [3.05, 3.63) is 51.3 Å². The molecule has 7 heteroatoms. The number of benzene rings is 1. The molecule has 0 amide bonds. The van der Waals surface area contributed by atoms with E-state index in [1.807, 2.05) is 6.07 Å². The summed E-state index contributed by atoms with van der Waals surface area (Å²) >= 11 is 12.5. The number of hydrogen-bond acceptors (Lipinski definition) is 2. The van der Waals surface area contributed by atoms with Crippen LogP contribution in [-0.4, -0.2) is 24.7 Å². The third-order valence-corrected chi connectivity index (χ3v) is 5.43. The molecule has 0 N–H and O–H groups in total. The van der Waals surface area contributed by atoms with Gasteiger partial charge in [-0.1, -0.05) is 18.2 Å². The molecule has 2 heterocycles. The van der Waals surface area contributed by atoms with Gasteiger partial charge in [0.25, 0.3) is 0 Å². The Labute approximate surface area is 123 Å². The van der Waals surface area contributed by atoms with E-state index in [0.29, 0.717) is 12.1 Å². The Bertz CT molecular complexity index is 747. The van der Waals surface area contributed by atoms with Crippen molar-refractivity contribution in [2.24, 2.45) is 0 Å². The van der Waals surface area contributed by atoms with Crippen LogP contribution in [0, 0.1) is 0 Å². The van der Waals surface area contributed by atoms with Crippen LogP contribution in [0.4, 0.5) is 0 Å². The highest BCUT2D eigenvalue weighted by Crippen LogP contribution is 2.48. The minimum Gasteiger partial charge on any atom is -0.245 e. The molecule has 1 fully saturated rings. The first-order valence-corrected chi connectivity index (χ1v) is 7.28. The monoisotopic (exact) mass is 311 g/mol. The highest BCUT2D eigenvalue weighted by atomic mass is 35.5. The van der Waals surface area contributed by atoms with E-state index in [4.69, 9.17) is 23.2 Å². The average molecular weight is 312 g/mol. The zero-order valence-corrected chi connectivity index (χ0v) is 11.8. The lowest BCUT2D eigenvalue weighted by atomic mass is 10.2. The smallest absolute Gasteiger partial charge is 0.245 e. The van der Waals surface area contributed by atoms with Crippen molar-refractivity contribution in [2.45, 2.75) is 29.3 Å². The fraction of sp³-hybridized carbons (Fsp3) is 0.385. The number of nitrogens with zero attached hydrogens (tertiary/aromatic N) is 3. The molecule has 1 aromatic heterocycles. The van der Waals surface area contributed by atoms with E-state index < -0.39 is 0 Å². The van der Waals surface area contributed by atoms with Crippen LogP contribution in [0.15, 0.2) is 39.9 Å². The Balaban J connectivity index is 2.00. The fourth-order valence-corrected chi connectivity index (χ4v) is 4.03. The van der Waals surface area contributed by atoms with Gasteiger partial charge in [-0.25, -0.2) is 23.5 Å². The van der Waals surface area contributed by atoms with E-state index in [-0.39, 0.29) is 34.2 Å². The molecule has 4 rings (SSSR count). The summed E-state index contributed by atoms with van der Waals surface area (Å²) < 4.78 is 4.12. The molecule has 0 radical (unpaired) electrons. The number of halogens is 2. The molecule has 1 aliphatic heterocycles. The van der Waals surface area contributed by atoms with Gasteiger partial charge >= 0.3 is 11.4 Å². The van der Waals surface area contributed by atoms with Crippen LogP contribution in [0.1, 0.15) is 18.5 Å². The third-order valence-electron chi connectivity index (χ3n) is 4.17. The van der Waals surface area contributed by atoms with E-state index in [1.54, 1.807) is 24.3 Å². The predicted molar refractivity (Wildman–Crippen MR) is 76.3 cm³/mol. The Hall–Kier alpha value is -1.46. The Kier molecular flexibility index (Phi) is 2.47. The number of para-hydroxylation sites is 1. The van der Waals surface area contributed by atoms with Crippen molar-refractivity contribution >= 4 is 23.2 Å². The van der Waals surface area contributed by atoms with Crippen LogP contribution < -0.4 is 11.4 Å². The third kappa shape index (κ3) is 1.34. The second kappa shape index (κ2) is 4.02. The van der Waals surface area contributed by atoms with Gasteiger partial charge in [0.05, 0.1) is 28.5 Å². The van der Waals surface area contributed by atoms with E-state index >= 15 is 0 Å². The summed E-state index contributed by atoms with van der Waals surface area (Å²) in [5.41, 5.74) is -0.126. The molecule has 104 valence electrons. The molecule has 1 aliphatic carbocycles. The van der Waals surface area contributed by atoms with Gasteiger partial charge in [-0.05, 0) is 18.6 Å². The lowest BCUT2D eigenvalue weighted by molar-refractivity contribution is 0.383. The van der Waals surface area contributed by atoms with Crippen LogP contribution in [0.2, 0.25) is 0 Å². The maximum atomic E-state index is 12.5. The van der Waals surface area contributed by atoms with Gasteiger partial charge in [0.2, 0.25) is 0 Å². The maximum Gasteiger partial charge on any atom is 0.352 e. The van der Waals surface area contributed by atoms with E-state index in [2.05, 4.69) is 0 Å².